The van der Waals surface area contributed by atoms with E-state index in [9.17, 15) is 0 Å². The lowest BCUT2D eigenvalue weighted by molar-refractivity contribution is 0.438. The topological polar surface area (TPSA) is 0 Å². The summed E-state index contributed by atoms with van der Waals surface area (Å²) in [6.45, 7) is 22.6. The van der Waals surface area contributed by atoms with Gasteiger partial charge in [0.1, 0.15) is 0 Å². The van der Waals surface area contributed by atoms with Crippen LogP contribution >= 0.6 is 23.1 Å². The van der Waals surface area contributed by atoms with Gasteiger partial charge in [0.25, 0.3) is 0 Å². The van der Waals surface area contributed by atoms with Crippen LogP contribution in [0.15, 0.2) is 71.3 Å². The predicted octanol–water partition coefficient (Wildman–Crippen LogP) is 10.9. The summed E-state index contributed by atoms with van der Waals surface area (Å²) in [5.41, 5.74) is 3.73. The monoisotopic (exact) mass is 478 g/mol. The van der Waals surface area contributed by atoms with Crippen LogP contribution in [-0.2, 0) is 0 Å². The van der Waals surface area contributed by atoms with Gasteiger partial charge in [-0.1, -0.05) is 123 Å². The predicted molar refractivity (Wildman–Crippen MR) is 149 cm³/mol. The third-order valence-electron chi connectivity index (χ3n) is 6.90. The lowest BCUT2D eigenvalue weighted by atomic mass is 9.88. The number of hydrogen-bond acceptors (Lipinski definition) is 0. The molecular weight excluding hydrogens is 441 g/mol. The maximum atomic E-state index is 2.56. The molecule has 0 nitrogen and oxygen atoms in total. The van der Waals surface area contributed by atoms with Crippen molar-refractivity contribution in [1.29, 1.82) is 0 Å². The molecule has 0 aromatic heterocycles. The fraction of sp³-hybridized carbons (Fsp3) is 0.448. The number of hydrogen-bond donors (Lipinski definition) is 0. The Morgan fingerprint density at radius 2 is 0.969 bits per heavy atom. The van der Waals surface area contributed by atoms with E-state index >= 15 is 0 Å². The molecular formula is C29H37P3. The Hall–Kier alpha value is -0.790. The zero-order valence-electron chi connectivity index (χ0n) is 21.1. The quantitative estimate of drug-likeness (QED) is 0.377. The van der Waals surface area contributed by atoms with Crippen LogP contribution in [-0.4, -0.2) is 4.64 Å². The van der Waals surface area contributed by atoms with E-state index in [-0.39, 0.29) is 34.0 Å². The number of fused-ring (bicyclic) bond motifs is 1. The summed E-state index contributed by atoms with van der Waals surface area (Å²) in [6, 6.07) is 22.8. The molecule has 1 fully saturated rings. The van der Waals surface area contributed by atoms with Crippen LogP contribution in [0.3, 0.4) is 0 Å². The van der Waals surface area contributed by atoms with Crippen molar-refractivity contribution in [2.24, 2.45) is 16.2 Å². The third-order valence-corrected chi connectivity index (χ3v) is 23.7. The second kappa shape index (κ2) is 7.11. The maximum Gasteiger partial charge on any atom is 0.0592 e. The van der Waals surface area contributed by atoms with Crippen molar-refractivity contribution in [3.8, 4) is 0 Å². The van der Waals surface area contributed by atoms with E-state index in [2.05, 4.69) is 123 Å². The smallest absolute Gasteiger partial charge is 0.0592 e. The molecule has 4 atom stereocenters. The van der Waals surface area contributed by atoms with Crippen molar-refractivity contribution >= 4 is 33.8 Å². The summed E-state index contributed by atoms with van der Waals surface area (Å²) in [4.78, 5) is 0. The first-order valence-corrected chi connectivity index (χ1v) is 16.6. The van der Waals surface area contributed by atoms with Crippen LogP contribution in [0.5, 0.6) is 0 Å². The van der Waals surface area contributed by atoms with Gasteiger partial charge in [-0.2, -0.15) is 0 Å². The van der Waals surface area contributed by atoms with E-state index in [0.717, 1.165) is 0 Å². The second-order valence-corrected chi connectivity index (χ2v) is 21.6. The van der Waals surface area contributed by atoms with Crippen molar-refractivity contribution in [1.82, 2.24) is 0 Å². The molecule has 3 aliphatic heterocycles. The maximum absolute atomic E-state index is 2.56. The van der Waals surface area contributed by atoms with Crippen molar-refractivity contribution < 1.29 is 0 Å². The van der Waals surface area contributed by atoms with E-state index < -0.39 is 0 Å². The van der Waals surface area contributed by atoms with Crippen LogP contribution in [0.2, 0.25) is 0 Å². The minimum atomic E-state index is -0.369. The number of rotatable bonds is 2. The molecule has 1 saturated heterocycles. The number of allylic oxidation sites excluding steroid dienone is 2. The molecule has 3 aliphatic rings. The Morgan fingerprint density at radius 1 is 0.531 bits per heavy atom. The van der Waals surface area contributed by atoms with Crippen molar-refractivity contribution in [2.45, 2.75) is 67.0 Å². The lowest BCUT2D eigenvalue weighted by Gasteiger charge is -2.39. The molecule has 0 aliphatic carbocycles. The van der Waals surface area contributed by atoms with Crippen LogP contribution in [0.4, 0.5) is 0 Å². The average molecular weight is 479 g/mol. The summed E-state index contributed by atoms with van der Waals surface area (Å²) in [5, 5.41) is 7.19. The highest BCUT2D eigenvalue weighted by molar-refractivity contribution is 8.59. The van der Waals surface area contributed by atoms with Crippen molar-refractivity contribution in [3.63, 3.8) is 0 Å². The van der Waals surface area contributed by atoms with E-state index in [1.54, 1.807) is 10.6 Å². The van der Waals surface area contributed by atoms with Gasteiger partial charge < -0.3 is 0 Å². The van der Waals surface area contributed by atoms with Crippen LogP contribution < -0.4 is 0 Å². The zero-order chi connectivity index (χ0) is 23.3. The van der Waals surface area contributed by atoms with Gasteiger partial charge in [0.2, 0.25) is 0 Å². The molecule has 0 saturated carbocycles. The third kappa shape index (κ3) is 2.99. The van der Waals surface area contributed by atoms with Crippen molar-refractivity contribution in [2.75, 3.05) is 0 Å². The molecule has 5 rings (SSSR count). The van der Waals surface area contributed by atoms with Crippen LogP contribution in [0, 0.1) is 16.2 Å². The van der Waals surface area contributed by atoms with Crippen LogP contribution in [0.25, 0.3) is 10.6 Å². The molecule has 0 N–H and O–H groups in total. The lowest BCUT2D eigenvalue weighted by Crippen LogP contribution is -2.24. The fourth-order valence-electron chi connectivity index (χ4n) is 5.80. The largest absolute Gasteiger partial charge is 0.0622 e. The molecule has 0 bridgehead atoms. The van der Waals surface area contributed by atoms with Gasteiger partial charge in [-0.3, -0.25) is 0 Å². The molecule has 0 radical (unpaired) electrons. The average Bonchev–Trinajstić information content (AvgIpc) is 3.14. The van der Waals surface area contributed by atoms with Gasteiger partial charge in [0.15, 0.2) is 0 Å². The van der Waals surface area contributed by atoms with Gasteiger partial charge in [0, 0.05) is 0 Å². The standard InChI is InChI=1S/C29H37P3/c1-26(2,3)24-25(27(4,5)6)32-29(28(7,8)9)30(24)22(20-16-12-10-13-17-20)23(31(29)32)21-18-14-11-15-19-21/h10-19H,1-9H3. The summed E-state index contributed by atoms with van der Waals surface area (Å²) in [5.74, 6) is 0. The molecule has 0 spiro atoms. The Labute approximate surface area is 199 Å². The Kier molecular flexibility index (Phi) is 5.10. The Morgan fingerprint density at radius 3 is 1.38 bits per heavy atom. The first-order chi connectivity index (χ1) is 14.8. The van der Waals surface area contributed by atoms with E-state index in [1.807, 2.05) is 10.6 Å². The molecule has 4 unspecified atom stereocenters. The van der Waals surface area contributed by atoms with Gasteiger partial charge in [0.05, 0.1) is 4.64 Å². The molecule has 0 amide bonds. The molecule has 2 aromatic carbocycles. The Bertz CT molecular complexity index is 1120. The van der Waals surface area contributed by atoms with E-state index in [4.69, 9.17) is 0 Å². The van der Waals surface area contributed by atoms with Gasteiger partial charge in [-0.05, 0) is 71.8 Å². The highest BCUT2D eigenvalue weighted by atomic mass is 32.1. The fourth-order valence-corrected chi connectivity index (χ4v) is 29.2. The van der Waals surface area contributed by atoms with Crippen molar-refractivity contribution in [3.05, 3.63) is 82.4 Å². The minimum absolute atomic E-state index is 0.104. The summed E-state index contributed by atoms with van der Waals surface area (Å²) in [6.07, 6.45) is 0. The SMILES string of the molecule is CC(C)(C)C1=C(C(C)(C)C)P2P3C(c4ccccc4)=C(c4ccccc4)P1C32C(C)(C)C. The zero-order valence-corrected chi connectivity index (χ0v) is 23.8. The highest BCUT2D eigenvalue weighted by Crippen LogP contribution is 3.26. The van der Waals surface area contributed by atoms with E-state index in [0.29, 0.717) is 10.1 Å². The van der Waals surface area contributed by atoms with Gasteiger partial charge in [-0.25, -0.2) is 0 Å². The summed E-state index contributed by atoms with van der Waals surface area (Å²) < 4.78 is 0.481. The van der Waals surface area contributed by atoms with Gasteiger partial charge in [-0.15, -0.1) is 0 Å². The summed E-state index contributed by atoms with van der Waals surface area (Å²) in [7, 11) is -0.622. The molecule has 2 aromatic rings. The molecule has 3 heterocycles. The van der Waals surface area contributed by atoms with Crippen LogP contribution in [0.1, 0.15) is 73.4 Å². The van der Waals surface area contributed by atoms with E-state index in [1.165, 1.54) is 11.1 Å². The second-order valence-electron chi connectivity index (χ2n) is 12.5. The summed E-state index contributed by atoms with van der Waals surface area (Å²) >= 11 is 0. The minimum Gasteiger partial charge on any atom is -0.0622 e. The molecule has 168 valence electrons. The first-order valence-electron chi connectivity index (χ1n) is 11.8. The number of benzene rings is 2. The first kappa shape index (κ1) is 23.0. The highest BCUT2D eigenvalue weighted by Gasteiger charge is 2.84. The molecule has 3 heteroatoms. The Balaban J connectivity index is 1.88. The normalized spacial score (nSPS) is 29.6. The van der Waals surface area contributed by atoms with Gasteiger partial charge >= 0.3 is 0 Å². The molecule has 32 heavy (non-hydrogen) atoms.